The Morgan fingerprint density at radius 3 is 2.50 bits per heavy atom. The van der Waals surface area contributed by atoms with Crippen LogP contribution in [0.15, 0.2) is 58.5 Å². The van der Waals surface area contributed by atoms with E-state index in [1.807, 2.05) is 38.1 Å². The van der Waals surface area contributed by atoms with Crippen molar-refractivity contribution < 1.29 is 17.9 Å². The lowest BCUT2D eigenvalue weighted by molar-refractivity contribution is -0.121. The maximum Gasteiger partial charge on any atom is 0.255 e. The molecule has 2 aromatic carbocycles. The normalized spacial score (nSPS) is 15.2. The highest BCUT2D eigenvalue weighted by Crippen LogP contribution is 2.28. The summed E-state index contributed by atoms with van der Waals surface area (Å²) in [6.45, 7) is 4.05. The van der Waals surface area contributed by atoms with Crippen LogP contribution in [0.25, 0.3) is 0 Å². The molecule has 3 rings (SSSR count). The Balaban J connectivity index is 1.75. The van der Waals surface area contributed by atoms with Gasteiger partial charge in [-0.3, -0.25) is 4.79 Å². The van der Waals surface area contributed by atoms with Crippen molar-refractivity contribution in [1.29, 1.82) is 0 Å². The lowest BCUT2D eigenvalue weighted by Crippen LogP contribution is -2.46. The molecule has 0 unspecified atom stereocenters. The summed E-state index contributed by atoms with van der Waals surface area (Å²) in [6, 6.07) is 13.9. The number of ether oxygens (including phenoxy) is 1. The third-order valence-corrected chi connectivity index (χ3v) is 7.43. The number of amides is 1. The molecule has 1 aliphatic rings. The Kier molecular flexibility index (Phi) is 8.41. The molecule has 0 bridgehead atoms. The fourth-order valence-corrected chi connectivity index (χ4v) is 5.49. The SMILES string of the molecule is CCOc1ccccc1C=NNC(=O)CN(C1CCCCC1)S(=O)(=O)c1ccc(C)cc1. The molecule has 0 saturated heterocycles. The smallest absolute Gasteiger partial charge is 0.255 e. The van der Waals surface area contributed by atoms with Gasteiger partial charge in [0.05, 0.1) is 24.3 Å². The van der Waals surface area contributed by atoms with Crippen molar-refractivity contribution in [1.82, 2.24) is 9.73 Å². The average molecular weight is 458 g/mol. The summed E-state index contributed by atoms with van der Waals surface area (Å²) in [6.07, 6.45) is 6.01. The molecule has 8 heteroatoms. The quantitative estimate of drug-likeness (QED) is 0.457. The van der Waals surface area contributed by atoms with E-state index in [0.717, 1.165) is 43.2 Å². The predicted molar refractivity (Wildman–Crippen MR) is 125 cm³/mol. The van der Waals surface area contributed by atoms with Crippen molar-refractivity contribution in [2.75, 3.05) is 13.2 Å². The molecule has 2 aromatic rings. The van der Waals surface area contributed by atoms with E-state index in [0.29, 0.717) is 12.4 Å². The molecular formula is C24H31N3O4S. The van der Waals surface area contributed by atoms with Gasteiger partial charge in [0.2, 0.25) is 10.0 Å². The van der Waals surface area contributed by atoms with Crippen molar-refractivity contribution in [3.05, 3.63) is 59.7 Å². The first-order valence-corrected chi connectivity index (χ1v) is 12.5. The molecular weight excluding hydrogens is 426 g/mol. The largest absolute Gasteiger partial charge is 0.493 e. The molecule has 7 nitrogen and oxygen atoms in total. The first-order valence-electron chi connectivity index (χ1n) is 11.0. The summed E-state index contributed by atoms with van der Waals surface area (Å²) in [7, 11) is -3.80. The molecule has 1 aliphatic carbocycles. The molecule has 1 N–H and O–H groups in total. The van der Waals surface area contributed by atoms with Crippen LogP contribution in [0.5, 0.6) is 5.75 Å². The molecule has 1 fully saturated rings. The van der Waals surface area contributed by atoms with Gasteiger partial charge in [-0.15, -0.1) is 0 Å². The second-order valence-corrected chi connectivity index (χ2v) is 9.81. The number of rotatable bonds is 9. The molecule has 0 aromatic heterocycles. The van der Waals surface area contributed by atoms with E-state index in [1.165, 1.54) is 10.5 Å². The number of hydrazone groups is 1. The van der Waals surface area contributed by atoms with Crippen LogP contribution in [-0.4, -0.2) is 44.0 Å². The van der Waals surface area contributed by atoms with Gasteiger partial charge in [-0.25, -0.2) is 13.8 Å². The van der Waals surface area contributed by atoms with E-state index in [4.69, 9.17) is 4.74 Å². The zero-order chi connectivity index (χ0) is 23.0. The first kappa shape index (κ1) is 23.9. The van der Waals surface area contributed by atoms with Gasteiger partial charge in [0.25, 0.3) is 5.91 Å². The number of nitrogens with one attached hydrogen (secondary N) is 1. The molecule has 32 heavy (non-hydrogen) atoms. The van der Waals surface area contributed by atoms with Gasteiger partial charge in [0.1, 0.15) is 5.75 Å². The Labute approximate surface area is 190 Å². The van der Waals surface area contributed by atoms with Crippen LogP contribution in [0.3, 0.4) is 0 Å². The van der Waals surface area contributed by atoms with Gasteiger partial charge in [-0.2, -0.15) is 9.41 Å². The van der Waals surface area contributed by atoms with Gasteiger partial charge < -0.3 is 4.74 Å². The standard InChI is InChI=1S/C24H31N3O4S/c1-3-31-23-12-8-7-9-20(23)17-25-26-24(28)18-27(21-10-5-4-6-11-21)32(29,30)22-15-13-19(2)14-16-22/h7-9,12-17,21H,3-6,10-11,18H2,1-2H3,(H,26,28). The molecule has 172 valence electrons. The number of benzene rings is 2. The lowest BCUT2D eigenvalue weighted by Gasteiger charge is -2.32. The molecule has 0 spiro atoms. The number of hydrogen-bond donors (Lipinski definition) is 1. The number of carbonyl (C=O) groups excluding carboxylic acids is 1. The van der Waals surface area contributed by atoms with Gasteiger partial charge in [0.15, 0.2) is 0 Å². The lowest BCUT2D eigenvalue weighted by atomic mass is 9.95. The summed E-state index contributed by atoms with van der Waals surface area (Å²) in [5, 5.41) is 4.02. The van der Waals surface area contributed by atoms with Crippen LogP contribution in [0.1, 0.15) is 50.2 Å². The second-order valence-electron chi connectivity index (χ2n) is 7.92. The van der Waals surface area contributed by atoms with Gasteiger partial charge in [-0.05, 0) is 51.0 Å². The van der Waals surface area contributed by atoms with E-state index in [9.17, 15) is 13.2 Å². The summed E-state index contributed by atoms with van der Waals surface area (Å²) < 4.78 is 33.7. The molecule has 1 saturated carbocycles. The number of carbonyl (C=O) groups is 1. The Morgan fingerprint density at radius 1 is 1.12 bits per heavy atom. The monoisotopic (exact) mass is 457 g/mol. The van der Waals surface area contributed by atoms with Gasteiger partial charge >= 0.3 is 0 Å². The van der Waals surface area contributed by atoms with Crippen LogP contribution < -0.4 is 10.2 Å². The van der Waals surface area contributed by atoms with Crippen molar-refractivity contribution in [2.24, 2.45) is 5.10 Å². The van der Waals surface area contributed by atoms with Crippen LogP contribution in [-0.2, 0) is 14.8 Å². The minimum Gasteiger partial charge on any atom is -0.493 e. The van der Waals surface area contributed by atoms with Gasteiger partial charge in [0, 0.05) is 11.6 Å². The van der Waals surface area contributed by atoms with Crippen LogP contribution >= 0.6 is 0 Å². The molecule has 0 heterocycles. The van der Waals surface area contributed by atoms with Crippen molar-refractivity contribution >= 4 is 22.1 Å². The first-order chi connectivity index (χ1) is 15.4. The third-order valence-electron chi connectivity index (χ3n) is 5.52. The summed E-state index contributed by atoms with van der Waals surface area (Å²) in [5.74, 6) is 0.190. The number of aryl methyl sites for hydroxylation is 1. The van der Waals surface area contributed by atoms with E-state index in [-0.39, 0.29) is 17.5 Å². The zero-order valence-corrected chi connectivity index (χ0v) is 19.5. The molecule has 0 aliphatic heterocycles. The second kappa shape index (κ2) is 11.2. The minimum absolute atomic E-state index is 0.191. The fraction of sp³-hybridized carbons (Fsp3) is 0.417. The minimum atomic E-state index is -3.80. The van der Waals surface area contributed by atoms with E-state index >= 15 is 0 Å². The average Bonchev–Trinajstić information content (AvgIpc) is 2.79. The van der Waals surface area contributed by atoms with Crippen molar-refractivity contribution in [3.8, 4) is 5.75 Å². The predicted octanol–water partition coefficient (Wildman–Crippen LogP) is 3.87. The maximum atomic E-state index is 13.4. The Bertz CT molecular complexity index is 1030. The number of para-hydroxylation sites is 1. The maximum absolute atomic E-state index is 13.4. The highest BCUT2D eigenvalue weighted by molar-refractivity contribution is 7.89. The highest BCUT2D eigenvalue weighted by atomic mass is 32.2. The molecule has 1 amide bonds. The summed E-state index contributed by atoms with van der Waals surface area (Å²) in [4.78, 5) is 12.9. The Morgan fingerprint density at radius 2 is 1.81 bits per heavy atom. The van der Waals surface area contributed by atoms with Crippen molar-refractivity contribution in [3.63, 3.8) is 0 Å². The number of sulfonamides is 1. The summed E-state index contributed by atoms with van der Waals surface area (Å²) in [5.41, 5.74) is 4.18. The van der Waals surface area contributed by atoms with E-state index < -0.39 is 15.9 Å². The number of hydrogen-bond acceptors (Lipinski definition) is 5. The topological polar surface area (TPSA) is 88.1 Å². The third kappa shape index (κ3) is 6.17. The Hall–Kier alpha value is -2.71. The summed E-state index contributed by atoms with van der Waals surface area (Å²) >= 11 is 0. The fourth-order valence-electron chi connectivity index (χ4n) is 3.85. The van der Waals surface area contributed by atoms with Crippen molar-refractivity contribution in [2.45, 2.75) is 56.9 Å². The van der Waals surface area contributed by atoms with E-state index in [2.05, 4.69) is 10.5 Å². The van der Waals surface area contributed by atoms with Crippen LogP contribution in [0.2, 0.25) is 0 Å². The molecule has 0 radical (unpaired) electrons. The van der Waals surface area contributed by atoms with Crippen LogP contribution in [0, 0.1) is 6.92 Å². The van der Waals surface area contributed by atoms with E-state index in [1.54, 1.807) is 24.3 Å². The zero-order valence-electron chi connectivity index (χ0n) is 18.7. The van der Waals surface area contributed by atoms with Gasteiger partial charge in [-0.1, -0.05) is 49.1 Å². The molecule has 0 atom stereocenters. The number of nitrogens with zero attached hydrogens (tertiary/aromatic N) is 2. The van der Waals surface area contributed by atoms with Crippen LogP contribution in [0.4, 0.5) is 0 Å². The highest BCUT2D eigenvalue weighted by Gasteiger charge is 2.33.